The monoisotopic (exact) mass is 254 g/mol. The van der Waals surface area contributed by atoms with Crippen LogP contribution in [-0.4, -0.2) is 14.6 Å². The summed E-state index contributed by atoms with van der Waals surface area (Å²) < 4.78 is 1.94. The predicted molar refractivity (Wildman–Crippen MR) is 78.3 cm³/mol. The van der Waals surface area contributed by atoms with E-state index in [2.05, 4.69) is 31.0 Å². The van der Waals surface area contributed by atoms with Gasteiger partial charge in [-0.3, -0.25) is 0 Å². The van der Waals surface area contributed by atoms with Crippen LogP contribution in [0.3, 0.4) is 0 Å². The number of hydrogen-bond donors (Lipinski definition) is 1. The molecule has 0 fully saturated rings. The lowest BCUT2D eigenvalue weighted by atomic mass is 10.2. The normalized spacial score (nSPS) is 11.5. The first-order chi connectivity index (χ1) is 9.20. The molecule has 3 rings (SSSR count). The van der Waals surface area contributed by atoms with Gasteiger partial charge in [0.05, 0.1) is 16.7 Å². The second-order valence-electron chi connectivity index (χ2n) is 4.98. The van der Waals surface area contributed by atoms with Crippen molar-refractivity contribution >= 4 is 22.4 Å². The molecule has 2 heterocycles. The number of anilines is 1. The fourth-order valence-electron chi connectivity index (χ4n) is 2.46. The number of aromatic nitrogens is 3. The first kappa shape index (κ1) is 12.0. The third-order valence-corrected chi connectivity index (χ3v) is 3.48. The molecule has 0 aliphatic heterocycles. The zero-order valence-corrected chi connectivity index (χ0v) is 11.3. The van der Waals surface area contributed by atoms with Gasteiger partial charge in [-0.1, -0.05) is 25.5 Å². The first-order valence-corrected chi connectivity index (χ1v) is 6.74. The van der Waals surface area contributed by atoms with Crippen molar-refractivity contribution in [2.75, 3.05) is 5.73 Å². The van der Waals surface area contributed by atoms with Crippen molar-refractivity contribution in [3.63, 3.8) is 0 Å². The number of aryl methyl sites for hydroxylation is 2. The van der Waals surface area contributed by atoms with Gasteiger partial charge in [-0.15, -0.1) is 0 Å². The van der Waals surface area contributed by atoms with E-state index in [4.69, 9.17) is 10.8 Å². The Balaban J connectivity index is 2.30. The van der Waals surface area contributed by atoms with Crippen LogP contribution in [0.25, 0.3) is 16.6 Å². The van der Waals surface area contributed by atoms with E-state index in [0.29, 0.717) is 5.82 Å². The van der Waals surface area contributed by atoms with E-state index in [0.717, 1.165) is 35.1 Å². The van der Waals surface area contributed by atoms with E-state index in [1.54, 1.807) is 0 Å². The maximum absolute atomic E-state index is 6.04. The lowest BCUT2D eigenvalue weighted by Crippen LogP contribution is -2.00. The average Bonchev–Trinajstić information content (AvgIpc) is 2.81. The van der Waals surface area contributed by atoms with Gasteiger partial charge in [0, 0.05) is 0 Å². The molecule has 2 N–H and O–H groups in total. The SMILES string of the molecule is CCCCc1cc2c(N)nc3cccc(C)c3n2n1. The molecule has 0 bridgehead atoms. The smallest absolute Gasteiger partial charge is 0.150 e. The number of fused-ring (bicyclic) bond motifs is 3. The number of hydrogen-bond acceptors (Lipinski definition) is 3. The molecule has 98 valence electrons. The van der Waals surface area contributed by atoms with Crippen molar-refractivity contribution in [1.29, 1.82) is 0 Å². The largest absolute Gasteiger partial charge is 0.382 e. The Hall–Kier alpha value is -2.10. The highest BCUT2D eigenvalue weighted by atomic mass is 15.2. The number of benzene rings is 1. The standard InChI is InChI=1S/C15H18N4/c1-3-4-7-11-9-13-15(16)17-12-8-5-6-10(2)14(12)19(13)18-11/h5-6,8-9H,3-4,7H2,1-2H3,(H2,16,17). The number of para-hydroxylation sites is 1. The molecular weight excluding hydrogens is 236 g/mol. The summed E-state index contributed by atoms with van der Waals surface area (Å²) in [5.41, 5.74) is 11.2. The molecule has 19 heavy (non-hydrogen) atoms. The second kappa shape index (κ2) is 4.53. The first-order valence-electron chi connectivity index (χ1n) is 6.74. The molecule has 0 amide bonds. The van der Waals surface area contributed by atoms with E-state index in [1.807, 2.05) is 16.6 Å². The Bertz CT molecular complexity index is 743. The summed E-state index contributed by atoms with van der Waals surface area (Å²) in [7, 11) is 0. The Morgan fingerprint density at radius 1 is 1.32 bits per heavy atom. The van der Waals surface area contributed by atoms with Crippen LogP contribution in [-0.2, 0) is 6.42 Å². The molecule has 1 aromatic carbocycles. The zero-order valence-electron chi connectivity index (χ0n) is 11.3. The van der Waals surface area contributed by atoms with Gasteiger partial charge in [0.15, 0.2) is 0 Å². The van der Waals surface area contributed by atoms with Crippen LogP contribution in [0.5, 0.6) is 0 Å². The molecule has 0 aliphatic rings. The summed E-state index contributed by atoms with van der Waals surface area (Å²) in [6.45, 7) is 4.26. The van der Waals surface area contributed by atoms with Gasteiger partial charge in [0.1, 0.15) is 11.3 Å². The fourth-order valence-corrected chi connectivity index (χ4v) is 2.46. The molecule has 3 aromatic rings. The van der Waals surface area contributed by atoms with Crippen LogP contribution >= 0.6 is 0 Å². The Kier molecular flexibility index (Phi) is 2.85. The van der Waals surface area contributed by atoms with Crippen LogP contribution < -0.4 is 5.73 Å². The van der Waals surface area contributed by atoms with Crippen LogP contribution in [0, 0.1) is 6.92 Å². The fraction of sp³-hybridized carbons (Fsp3) is 0.333. The van der Waals surface area contributed by atoms with Gasteiger partial charge in [-0.05, 0) is 37.5 Å². The topological polar surface area (TPSA) is 56.2 Å². The van der Waals surface area contributed by atoms with Crippen molar-refractivity contribution in [3.05, 3.63) is 35.5 Å². The Morgan fingerprint density at radius 3 is 2.95 bits per heavy atom. The van der Waals surface area contributed by atoms with Crippen molar-refractivity contribution in [3.8, 4) is 0 Å². The number of nitrogens with zero attached hydrogens (tertiary/aromatic N) is 3. The molecule has 0 unspecified atom stereocenters. The molecule has 4 heteroatoms. The van der Waals surface area contributed by atoms with E-state index >= 15 is 0 Å². The van der Waals surface area contributed by atoms with E-state index in [-0.39, 0.29) is 0 Å². The van der Waals surface area contributed by atoms with E-state index in [9.17, 15) is 0 Å². The predicted octanol–water partition coefficient (Wildman–Crippen LogP) is 3.12. The van der Waals surface area contributed by atoms with Crippen LogP contribution in [0.15, 0.2) is 24.3 Å². The maximum atomic E-state index is 6.04. The van der Waals surface area contributed by atoms with Gasteiger partial charge < -0.3 is 5.73 Å². The van der Waals surface area contributed by atoms with Crippen molar-refractivity contribution in [2.45, 2.75) is 33.1 Å². The summed E-state index contributed by atoms with van der Waals surface area (Å²) in [6, 6.07) is 8.11. The summed E-state index contributed by atoms with van der Waals surface area (Å²) in [5.74, 6) is 0.549. The molecule has 0 spiro atoms. The number of unbranched alkanes of at least 4 members (excludes halogenated alkanes) is 1. The quantitative estimate of drug-likeness (QED) is 0.781. The van der Waals surface area contributed by atoms with Crippen LogP contribution in [0.2, 0.25) is 0 Å². The molecule has 0 saturated heterocycles. The van der Waals surface area contributed by atoms with Gasteiger partial charge in [-0.25, -0.2) is 9.50 Å². The van der Waals surface area contributed by atoms with Crippen molar-refractivity contribution in [2.24, 2.45) is 0 Å². The molecule has 0 aliphatic carbocycles. The van der Waals surface area contributed by atoms with E-state index < -0.39 is 0 Å². The molecule has 0 atom stereocenters. The van der Waals surface area contributed by atoms with Gasteiger partial charge in [0.2, 0.25) is 0 Å². The van der Waals surface area contributed by atoms with Crippen LogP contribution in [0.4, 0.5) is 5.82 Å². The molecule has 0 radical (unpaired) electrons. The maximum Gasteiger partial charge on any atom is 0.150 e. The third kappa shape index (κ3) is 1.93. The lowest BCUT2D eigenvalue weighted by Gasteiger charge is -2.05. The molecule has 0 saturated carbocycles. The lowest BCUT2D eigenvalue weighted by molar-refractivity contribution is 0.765. The highest BCUT2D eigenvalue weighted by Crippen LogP contribution is 2.23. The molecule has 4 nitrogen and oxygen atoms in total. The minimum Gasteiger partial charge on any atom is -0.382 e. The number of nitrogen functional groups attached to an aromatic ring is 1. The third-order valence-electron chi connectivity index (χ3n) is 3.48. The van der Waals surface area contributed by atoms with E-state index in [1.165, 1.54) is 12.0 Å². The highest BCUT2D eigenvalue weighted by molar-refractivity contribution is 5.85. The summed E-state index contributed by atoms with van der Waals surface area (Å²) in [5, 5.41) is 4.70. The van der Waals surface area contributed by atoms with Crippen molar-refractivity contribution in [1.82, 2.24) is 14.6 Å². The molecular formula is C15H18N4. The minimum atomic E-state index is 0.549. The summed E-state index contributed by atoms with van der Waals surface area (Å²) in [6.07, 6.45) is 3.31. The minimum absolute atomic E-state index is 0.549. The van der Waals surface area contributed by atoms with Crippen LogP contribution in [0.1, 0.15) is 31.0 Å². The zero-order chi connectivity index (χ0) is 13.4. The van der Waals surface area contributed by atoms with Gasteiger partial charge in [-0.2, -0.15) is 5.10 Å². The summed E-state index contributed by atoms with van der Waals surface area (Å²) >= 11 is 0. The van der Waals surface area contributed by atoms with Crippen molar-refractivity contribution < 1.29 is 0 Å². The Morgan fingerprint density at radius 2 is 2.16 bits per heavy atom. The van der Waals surface area contributed by atoms with Gasteiger partial charge >= 0.3 is 0 Å². The number of rotatable bonds is 3. The average molecular weight is 254 g/mol. The Labute approximate surface area is 112 Å². The van der Waals surface area contributed by atoms with Gasteiger partial charge in [0.25, 0.3) is 0 Å². The second-order valence-corrected chi connectivity index (χ2v) is 4.98. The highest BCUT2D eigenvalue weighted by Gasteiger charge is 2.11. The number of nitrogens with two attached hydrogens (primary N) is 1. The summed E-state index contributed by atoms with van der Waals surface area (Å²) in [4.78, 5) is 4.48. The molecule has 2 aromatic heterocycles.